The van der Waals surface area contributed by atoms with Crippen LogP contribution in [0.15, 0.2) is 132 Å². The third kappa shape index (κ3) is 5.99. The second-order valence-electron chi connectivity index (χ2n) is 10.9. The van der Waals surface area contributed by atoms with Gasteiger partial charge in [-0.1, -0.05) is 90.5 Å². The SMILES string of the molecule is CC1=C(C#N)C(=O)N(C(C)c2ccccc2)C(=O)/C1=C/c1cn(-c2ccccc2)nc1-c1cccc(OCc2ccccc2Cl)c1. The summed E-state index contributed by atoms with van der Waals surface area (Å²) in [6, 6.07) is 35.4. The molecule has 7 nitrogen and oxygen atoms in total. The summed E-state index contributed by atoms with van der Waals surface area (Å²) in [5.41, 5.74) is 4.97. The van der Waals surface area contributed by atoms with Gasteiger partial charge < -0.3 is 4.74 Å². The second kappa shape index (κ2) is 13.1. The third-order valence-electron chi connectivity index (χ3n) is 7.96. The minimum atomic E-state index is -0.609. The van der Waals surface area contributed by atoms with Crippen molar-refractivity contribution in [1.82, 2.24) is 14.7 Å². The molecule has 0 aliphatic carbocycles. The zero-order valence-corrected chi connectivity index (χ0v) is 26.0. The fourth-order valence-corrected chi connectivity index (χ4v) is 5.62. The highest BCUT2D eigenvalue weighted by molar-refractivity contribution is 6.31. The highest BCUT2D eigenvalue weighted by Gasteiger charge is 2.39. The summed E-state index contributed by atoms with van der Waals surface area (Å²) in [5.74, 6) is -0.467. The van der Waals surface area contributed by atoms with Gasteiger partial charge in [0.05, 0.1) is 11.7 Å². The van der Waals surface area contributed by atoms with Crippen LogP contribution in [0.5, 0.6) is 5.75 Å². The summed E-state index contributed by atoms with van der Waals surface area (Å²) in [4.78, 5) is 28.7. The fourth-order valence-electron chi connectivity index (χ4n) is 5.43. The molecule has 8 heteroatoms. The van der Waals surface area contributed by atoms with Crippen LogP contribution in [-0.4, -0.2) is 26.5 Å². The van der Waals surface area contributed by atoms with Crippen molar-refractivity contribution in [3.63, 3.8) is 0 Å². The van der Waals surface area contributed by atoms with Gasteiger partial charge in [0.1, 0.15) is 29.7 Å². The number of halogens is 1. The number of hydrogen-bond donors (Lipinski definition) is 0. The molecule has 46 heavy (non-hydrogen) atoms. The van der Waals surface area contributed by atoms with E-state index in [1.165, 1.54) is 0 Å². The quantitative estimate of drug-likeness (QED) is 0.128. The first-order chi connectivity index (χ1) is 22.4. The van der Waals surface area contributed by atoms with E-state index in [4.69, 9.17) is 21.4 Å². The summed E-state index contributed by atoms with van der Waals surface area (Å²) < 4.78 is 7.84. The number of carbonyl (C=O) groups excluding carboxylic acids is 2. The molecule has 2 amide bonds. The molecule has 1 aliphatic rings. The number of nitriles is 1. The molecule has 1 unspecified atom stereocenters. The van der Waals surface area contributed by atoms with Crippen LogP contribution in [0.25, 0.3) is 23.0 Å². The number of rotatable bonds is 8. The lowest BCUT2D eigenvalue weighted by Gasteiger charge is -2.32. The number of carbonyl (C=O) groups is 2. The van der Waals surface area contributed by atoms with E-state index >= 15 is 0 Å². The lowest BCUT2D eigenvalue weighted by atomic mass is 9.91. The van der Waals surface area contributed by atoms with Gasteiger partial charge in [0.25, 0.3) is 11.8 Å². The molecule has 0 bridgehead atoms. The number of amides is 2. The van der Waals surface area contributed by atoms with Crippen LogP contribution in [0.1, 0.15) is 36.6 Å². The maximum absolute atomic E-state index is 14.1. The molecule has 1 atom stereocenters. The Bertz CT molecular complexity index is 2040. The average Bonchev–Trinajstić information content (AvgIpc) is 3.51. The van der Waals surface area contributed by atoms with Gasteiger partial charge in [-0.25, -0.2) is 4.68 Å². The fraction of sp³-hybridized carbons (Fsp3) is 0.105. The largest absolute Gasteiger partial charge is 0.489 e. The average molecular weight is 625 g/mol. The maximum Gasteiger partial charge on any atom is 0.272 e. The number of para-hydroxylation sites is 1. The highest BCUT2D eigenvalue weighted by Crippen LogP contribution is 2.35. The summed E-state index contributed by atoms with van der Waals surface area (Å²) in [5, 5.41) is 15.5. The number of benzene rings is 4. The van der Waals surface area contributed by atoms with Gasteiger partial charge >= 0.3 is 0 Å². The Morgan fingerprint density at radius 3 is 2.33 bits per heavy atom. The van der Waals surface area contributed by atoms with Crippen molar-refractivity contribution >= 4 is 29.5 Å². The van der Waals surface area contributed by atoms with Crippen molar-refractivity contribution in [1.29, 1.82) is 5.26 Å². The molecule has 0 spiro atoms. The molecule has 1 aromatic heterocycles. The van der Waals surface area contributed by atoms with Crippen molar-refractivity contribution in [2.24, 2.45) is 0 Å². The molecule has 4 aromatic carbocycles. The van der Waals surface area contributed by atoms with Crippen molar-refractivity contribution < 1.29 is 14.3 Å². The standard InChI is InChI=1S/C38H29ClN4O3/c1-25-33(37(44)43(38(45)34(25)22-40)26(2)27-12-5-3-6-13-27)21-30-23-42(31-16-7-4-8-17-31)41-36(30)28-15-11-18-32(20-28)46-24-29-14-9-10-19-35(29)39/h3-21,23,26H,24H2,1-2H3/b33-21+. The van der Waals surface area contributed by atoms with Gasteiger partial charge in [-0.3, -0.25) is 14.5 Å². The van der Waals surface area contributed by atoms with E-state index in [1.54, 1.807) is 24.6 Å². The van der Waals surface area contributed by atoms with E-state index in [0.717, 1.165) is 27.3 Å². The number of ether oxygens (including phenoxy) is 1. The molecular weight excluding hydrogens is 596 g/mol. The van der Waals surface area contributed by atoms with Crippen LogP contribution in [0.3, 0.4) is 0 Å². The molecule has 0 radical (unpaired) electrons. The third-order valence-corrected chi connectivity index (χ3v) is 8.33. The Balaban J connectivity index is 1.44. The molecule has 0 N–H and O–H groups in total. The highest BCUT2D eigenvalue weighted by atomic mass is 35.5. The Morgan fingerprint density at radius 2 is 1.61 bits per heavy atom. The Labute approximate surface area is 272 Å². The lowest BCUT2D eigenvalue weighted by Crippen LogP contribution is -2.44. The predicted octanol–water partition coefficient (Wildman–Crippen LogP) is 8.13. The van der Waals surface area contributed by atoms with Crippen LogP contribution >= 0.6 is 11.6 Å². The van der Waals surface area contributed by atoms with Gasteiger partial charge in [-0.15, -0.1) is 0 Å². The summed E-state index contributed by atoms with van der Waals surface area (Å²) in [6.45, 7) is 3.71. The Hall–Kier alpha value is -5.71. The minimum absolute atomic E-state index is 0.0689. The molecule has 5 aromatic rings. The van der Waals surface area contributed by atoms with Gasteiger partial charge in [0, 0.05) is 33.5 Å². The first-order valence-electron chi connectivity index (χ1n) is 14.7. The molecule has 0 saturated heterocycles. The summed E-state index contributed by atoms with van der Waals surface area (Å²) in [7, 11) is 0. The second-order valence-corrected chi connectivity index (χ2v) is 11.3. The van der Waals surface area contributed by atoms with Crippen molar-refractivity contribution in [2.75, 3.05) is 0 Å². The van der Waals surface area contributed by atoms with E-state index in [2.05, 4.69) is 0 Å². The molecule has 2 heterocycles. The summed E-state index contributed by atoms with van der Waals surface area (Å²) >= 11 is 6.33. The van der Waals surface area contributed by atoms with Crippen molar-refractivity contribution in [3.8, 4) is 28.8 Å². The van der Waals surface area contributed by atoms with E-state index in [1.807, 2.05) is 121 Å². The van der Waals surface area contributed by atoms with Gasteiger partial charge in [0.15, 0.2) is 0 Å². The molecule has 226 valence electrons. The first-order valence-corrected chi connectivity index (χ1v) is 15.1. The number of imide groups is 1. The van der Waals surface area contributed by atoms with E-state index in [9.17, 15) is 14.9 Å². The van der Waals surface area contributed by atoms with Crippen LogP contribution in [0.2, 0.25) is 5.02 Å². The van der Waals surface area contributed by atoms with Crippen LogP contribution in [-0.2, 0) is 16.2 Å². The number of nitrogens with zero attached hydrogens (tertiary/aromatic N) is 4. The van der Waals surface area contributed by atoms with E-state index in [0.29, 0.717) is 27.6 Å². The maximum atomic E-state index is 14.1. The monoisotopic (exact) mass is 624 g/mol. The first kappa shape index (κ1) is 30.3. The number of aromatic nitrogens is 2. The topological polar surface area (TPSA) is 88.2 Å². The molecule has 1 aliphatic heterocycles. The number of hydrogen-bond acceptors (Lipinski definition) is 5. The lowest BCUT2D eigenvalue weighted by molar-refractivity contribution is -0.143. The zero-order valence-electron chi connectivity index (χ0n) is 25.2. The molecule has 6 rings (SSSR count). The normalized spacial score (nSPS) is 14.8. The van der Waals surface area contributed by atoms with Crippen molar-refractivity contribution in [3.05, 3.63) is 154 Å². The van der Waals surface area contributed by atoms with E-state index in [-0.39, 0.29) is 17.8 Å². The van der Waals surface area contributed by atoms with Crippen LogP contribution in [0.4, 0.5) is 0 Å². The summed E-state index contributed by atoms with van der Waals surface area (Å²) in [6.07, 6.45) is 3.55. The molecular formula is C38H29ClN4O3. The van der Waals surface area contributed by atoms with Gasteiger partial charge in [-0.2, -0.15) is 10.4 Å². The van der Waals surface area contributed by atoms with Crippen molar-refractivity contribution in [2.45, 2.75) is 26.5 Å². The minimum Gasteiger partial charge on any atom is -0.489 e. The van der Waals surface area contributed by atoms with Crippen LogP contribution in [0, 0.1) is 11.3 Å². The van der Waals surface area contributed by atoms with Gasteiger partial charge in [-0.05, 0) is 61.4 Å². The van der Waals surface area contributed by atoms with Crippen LogP contribution < -0.4 is 4.74 Å². The Morgan fingerprint density at radius 1 is 0.913 bits per heavy atom. The molecule has 0 fully saturated rings. The zero-order chi connectivity index (χ0) is 32.2. The predicted molar refractivity (Wildman–Crippen MR) is 178 cm³/mol. The van der Waals surface area contributed by atoms with Gasteiger partial charge in [0.2, 0.25) is 0 Å². The molecule has 0 saturated carbocycles. The Kier molecular flexibility index (Phi) is 8.64. The smallest absolute Gasteiger partial charge is 0.272 e. The van der Waals surface area contributed by atoms with E-state index < -0.39 is 17.9 Å².